The zero-order valence-electron chi connectivity index (χ0n) is 12.7. The number of nitrogens with two attached hydrogens (primary N) is 1. The molecule has 0 amide bonds. The first-order valence-corrected chi connectivity index (χ1v) is 7.25. The van der Waals surface area contributed by atoms with Crippen molar-refractivity contribution < 1.29 is 5.11 Å². The Morgan fingerprint density at radius 2 is 1.39 bits per heavy atom. The quantitative estimate of drug-likeness (QED) is 0.476. The standard InChI is InChI=1S/C14H33N3O/c1-10(2)16-11(3)6-7-12(4)17-13(5)8-14(18)9-15/h10-14,16-18H,6-9,15H2,1-5H3. The van der Waals surface area contributed by atoms with Crippen molar-refractivity contribution in [2.45, 2.75) is 84.2 Å². The van der Waals surface area contributed by atoms with Crippen LogP contribution in [-0.2, 0) is 0 Å². The Hall–Kier alpha value is -0.160. The molecule has 5 N–H and O–H groups in total. The fourth-order valence-corrected chi connectivity index (χ4v) is 2.29. The molecule has 0 aromatic carbocycles. The Kier molecular flexibility index (Phi) is 9.64. The molecule has 0 aliphatic carbocycles. The second-order valence-corrected chi connectivity index (χ2v) is 5.89. The van der Waals surface area contributed by atoms with Gasteiger partial charge in [-0.1, -0.05) is 13.8 Å². The minimum atomic E-state index is -0.388. The normalized spacial score (nSPS) is 18.7. The summed E-state index contributed by atoms with van der Waals surface area (Å²) in [5.41, 5.74) is 5.41. The number of hydrogen-bond acceptors (Lipinski definition) is 4. The highest BCUT2D eigenvalue weighted by atomic mass is 16.3. The van der Waals surface area contributed by atoms with Crippen LogP contribution in [0.15, 0.2) is 0 Å². The van der Waals surface area contributed by atoms with E-state index in [9.17, 15) is 5.11 Å². The van der Waals surface area contributed by atoms with Crippen LogP contribution in [0.3, 0.4) is 0 Å². The van der Waals surface area contributed by atoms with E-state index in [2.05, 4.69) is 45.3 Å². The van der Waals surface area contributed by atoms with Crippen molar-refractivity contribution in [1.29, 1.82) is 0 Å². The number of aliphatic hydroxyl groups excluding tert-OH is 1. The van der Waals surface area contributed by atoms with Crippen molar-refractivity contribution in [1.82, 2.24) is 10.6 Å². The lowest BCUT2D eigenvalue weighted by molar-refractivity contribution is 0.157. The minimum Gasteiger partial charge on any atom is -0.392 e. The highest BCUT2D eigenvalue weighted by molar-refractivity contribution is 4.73. The molecular formula is C14H33N3O. The van der Waals surface area contributed by atoms with Crippen molar-refractivity contribution in [2.24, 2.45) is 5.73 Å². The first-order valence-electron chi connectivity index (χ1n) is 7.25. The van der Waals surface area contributed by atoms with E-state index in [0.29, 0.717) is 30.7 Å². The van der Waals surface area contributed by atoms with Gasteiger partial charge in [-0.15, -0.1) is 0 Å². The van der Waals surface area contributed by atoms with E-state index in [-0.39, 0.29) is 6.10 Å². The Bertz CT molecular complexity index is 199. The summed E-state index contributed by atoms with van der Waals surface area (Å²) in [7, 11) is 0. The second kappa shape index (κ2) is 9.73. The van der Waals surface area contributed by atoms with Gasteiger partial charge in [0.25, 0.3) is 0 Å². The van der Waals surface area contributed by atoms with Gasteiger partial charge in [0.05, 0.1) is 6.10 Å². The second-order valence-electron chi connectivity index (χ2n) is 5.89. The van der Waals surface area contributed by atoms with Gasteiger partial charge in [-0.3, -0.25) is 0 Å². The van der Waals surface area contributed by atoms with Gasteiger partial charge in [0.2, 0.25) is 0 Å². The zero-order valence-corrected chi connectivity index (χ0v) is 12.7. The number of aliphatic hydroxyl groups is 1. The van der Waals surface area contributed by atoms with Crippen LogP contribution in [-0.4, -0.2) is 41.9 Å². The van der Waals surface area contributed by atoms with Gasteiger partial charge in [-0.25, -0.2) is 0 Å². The third-order valence-electron chi connectivity index (χ3n) is 3.12. The smallest absolute Gasteiger partial charge is 0.0677 e. The van der Waals surface area contributed by atoms with Crippen LogP contribution >= 0.6 is 0 Å². The third-order valence-corrected chi connectivity index (χ3v) is 3.12. The van der Waals surface area contributed by atoms with E-state index in [0.717, 1.165) is 12.8 Å². The molecule has 0 aromatic rings. The molecule has 0 spiro atoms. The topological polar surface area (TPSA) is 70.3 Å². The van der Waals surface area contributed by atoms with Crippen LogP contribution in [0, 0.1) is 0 Å². The minimum absolute atomic E-state index is 0.312. The lowest BCUT2D eigenvalue weighted by Crippen LogP contribution is -2.39. The Morgan fingerprint density at radius 1 is 0.889 bits per heavy atom. The molecule has 0 saturated carbocycles. The van der Waals surface area contributed by atoms with Crippen molar-refractivity contribution in [2.75, 3.05) is 6.54 Å². The third kappa shape index (κ3) is 9.83. The van der Waals surface area contributed by atoms with Crippen molar-refractivity contribution in [3.05, 3.63) is 0 Å². The first-order chi connectivity index (χ1) is 8.35. The molecule has 4 atom stereocenters. The number of rotatable bonds is 10. The van der Waals surface area contributed by atoms with Crippen LogP contribution in [0.25, 0.3) is 0 Å². The van der Waals surface area contributed by atoms with E-state index in [1.807, 2.05) is 0 Å². The molecule has 0 saturated heterocycles. The van der Waals surface area contributed by atoms with E-state index in [1.54, 1.807) is 0 Å². The number of nitrogens with one attached hydrogen (secondary N) is 2. The molecule has 0 rings (SSSR count). The summed E-state index contributed by atoms with van der Waals surface area (Å²) in [5, 5.41) is 16.5. The fourth-order valence-electron chi connectivity index (χ4n) is 2.29. The molecule has 110 valence electrons. The molecule has 0 bridgehead atoms. The summed E-state index contributed by atoms with van der Waals surface area (Å²) in [6, 6.07) is 1.88. The summed E-state index contributed by atoms with van der Waals surface area (Å²) >= 11 is 0. The SMILES string of the molecule is CC(C)NC(C)CCC(C)NC(C)CC(O)CN. The first kappa shape index (κ1) is 17.8. The lowest BCUT2D eigenvalue weighted by Gasteiger charge is -2.23. The highest BCUT2D eigenvalue weighted by Gasteiger charge is 2.12. The summed E-state index contributed by atoms with van der Waals surface area (Å²) in [6.45, 7) is 11.2. The fraction of sp³-hybridized carbons (Fsp3) is 1.00. The van der Waals surface area contributed by atoms with Crippen molar-refractivity contribution >= 4 is 0 Å². The molecule has 0 aromatic heterocycles. The zero-order chi connectivity index (χ0) is 14.1. The van der Waals surface area contributed by atoms with E-state index in [1.165, 1.54) is 6.42 Å². The van der Waals surface area contributed by atoms with Crippen LogP contribution < -0.4 is 16.4 Å². The van der Waals surface area contributed by atoms with Gasteiger partial charge in [-0.2, -0.15) is 0 Å². The Balaban J connectivity index is 3.72. The van der Waals surface area contributed by atoms with Gasteiger partial charge in [0.15, 0.2) is 0 Å². The lowest BCUT2D eigenvalue weighted by atomic mass is 10.1. The Morgan fingerprint density at radius 3 is 1.83 bits per heavy atom. The monoisotopic (exact) mass is 259 g/mol. The molecule has 0 fully saturated rings. The summed E-state index contributed by atoms with van der Waals surface area (Å²) < 4.78 is 0. The highest BCUT2D eigenvalue weighted by Crippen LogP contribution is 2.05. The number of hydrogen-bond donors (Lipinski definition) is 4. The van der Waals surface area contributed by atoms with Gasteiger partial charge < -0.3 is 21.5 Å². The largest absolute Gasteiger partial charge is 0.392 e. The van der Waals surface area contributed by atoms with E-state index >= 15 is 0 Å². The average Bonchev–Trinajstić information content (AvgIpc) is 2.25. The maximum absolute atomic E-state index is 9.48. The summed E-state index contributed by atoms with van der Waals surface area (Å²) in [4.78, 5) is 0. The molecule has 0 aliphatic rings. The van der Waals surface area contributed by atoms with Crippen molar-refractivity contribution in [3.63, 3.8) is 0 Å². The van der Waals surface area contributed by atoms with Gasteiger partial charge in [0.1, 0.15) is 0 Å². The summed E-state index contributed by atoms with van der Waals surface area (Å²) in [5.74, 6) is 0. The van der Waals surface area contributed by atoms with Crippen LogP contribution in [0.4, 0.5) is 0 Å². The van der Waals surface area contributed by atoms with Gasteiger partial charge >= 0.3 is 0 Å². The molecule has 18 heavy (non-hydrogen) atoms. The predicted octanol–water partition coefficient (Wildman–Crippen LogP) is 1.23. The average molecular weight is 259 g/mol. The predicted molar refractivity (Wildman–Crippen MR) is 78.7 cm³/mol. The summed E-state index contributed by atoms with van der Waals surface area (Å²) in [6.07, 6.45) is 2.64. The van der Waals surface area contributed by atoms with Gasteiger partial charge in [-0.05, 0) is 40.0 Å². The van der Waals surface area contributed by atoms with Crippen LogP contribution in [0.1, 0.15) is 53.9 Å². The Labute approximate surface area is 113 Å². The van der Waals surface area contributed by atoms with Crippen molar-refractivity contribution in [3.8, 4) is 0 Å². The molecular weight excluding hydrogens is 226 g/mol. The molecule has 0 aliphatic heterocycles. The van der Waals surface area contributed by atoms with Crippen LogP contribution in [0.5, 0.6) is 0 Å². The maximum atomic E-state index is 9.48. The molecule has 0 radical (unpaired) electrons. The molecule has 0 heterocycles. The molecule has 4 heteroatoms. The van der Waals surface area contributed by atoms with Gasteiger partial charge in [0, 0.05) is 30.7 Å². The van der Waals surface area contributed by atoms with Crippen LogP contribution in [0.2, 0.25) is 0 Å². The molecule has 4 unspecified atom stereocenters. The maximum Gasteiger partial charge on any atom is 0.0677 e. The van der Waals surface area contributed by atoms with E-state index in [4.69, 9.17) is 5.73 Å². The van der Waals surface area contributed by atoms with E-state index < -0.39 is 0 Å². The molecule has 4 nitrogen and oxygen atoms in total.